The second-order valence-corrected chi connectivity index (χ2v) is 8.24. The van der Waals surface area contributed by atoms with E-state index in [0.29, 0.717) is 16.6 Å². The topological polar surface area (TPSA) is 72.7 Å². The van der Waals surface area contributed by atoms with Crippen LogP contribution in [-0.4, -0.2) is 31.6 Å². The fraction of sp³-hybridized carbons (Fsp3) is 0.182. The Morgan fingerprint density at radius 2 is 1.80 bits per heavy atom. The summed E-state index contributed by atoms with van der Waals surface area (Å²) in [5, 5.41) is 18.6. The first-order valence-corrected chi connectivity index (χ1v) is 10.8. The van der Waals surface area contributed by atoms with E-state index in [1.54, 1.807) is 0 Å². The van der Waals surface area contributed by atoms with Crippen molar-refractivity contribution >= 4 is 40.2 Å². The molecule has 0 atom stereocenters. The van der Waals surface area contributed by atoms with Crippen LogP contribution in [0.15, 0.2) is 59.6 Å². The Balaban J connectivity index is 1.51. The van der Waals surface area contributed by atoms with E-state index >= 15 is 0 Å². The number of halogens is 1. The van der Waals surface area contributed by atoms with Crippen LogP contribution in [0, 0.1) is 13.8 Å². The molecule has 0 aliphatic rings. The number of para-hydroxylation sites is 1. The van der Waals surface area contributed by atoms with Crippen molar-refractivity contribution in [2.45, 2.75) is 25.4 Å². The molecule has 2 aromatic heterocycles. The molecule has 0 spiro atoms. The summed E-state index contributed by atoms with van der Waals surface area (Å²) in [6.45, 7) is 4.39. The summed E-state index contributed by atoms with van der Waals surface area (Å²) in [5.74, 6) is 0.155. The number of benzene rings is 2. The number of carbonyl (C=O) groups is 1. The van der Waals surface area contributed by atoms with Crippen LogP contribution in [-0.2, 0) is 11.3 Å². The fourth-order valence-corrected chi connectivity index (χ4v) is 4.08. The van der Waals surface area contributed by atoms with Crippen molar-refractivity contribution in [1.82, 2.24) is 25.3 Å². The van der Waals surface area contributed by atoms with Crippen LogP contribution in [0.5, 0.6) is 0 Å². The molecule has 0 fully saturated rings. The molecule has 2 heterocycles. The molecule has 0 aliphatic carbocycles. The minimum absolute atomic E-state index is 0.0790. The highest BCUT2D eigenvalue weighted by atomic mass is 35.5. The second kappa shape index (κ2) is 8.85. The maximum absolute atomic E-state index is 12.3. The number of carbonyl (C=O) groups excluding carboxylic acids is 1. The second-order valence-electron chi connectivity index (χ2n) is 6.84. The lowest BCUT2D eigenvalue weighted by atomic mass is 10.2. The molecule has 0 saturated carbocycles. The number of hydrogen-bond donors (Lipinski definition) is 1. The van der Waals surface area contributed by atoms with E-state index in [9.17, 15) is 4.79 Å². The predicted molar refractivity (Wildman–Crippen MR) is 120 cm³/mol. The zero-order valence-corrected chi connectivity index (χ0v) is 18.2. The Labute approximate surface area is 183 Å². The summed E-state index contributed by atoms with van der Waals surface area (Å²) in [6, 6.07) is 17.3. The van der Waals surface area contributed by atoms with Gasteiger partial charge in [-0.2, -0.15) is 10.2 Å². The quantitative estimate of drug-likeness (QED) is 0.450. The van der Waals surface area contributed by atoms with Gasteiger partial charge in [-0.3, -0.25) is 4.79 Å². The largest absolute Gasteiger partial charge is 0.351 e. The maximum atomic E-state index is 12.3. The molecule has 1 amide bonds. The number of rotatable bonds is 6. The first-order chi connectivity index (χ1) is 14.5. The summed E-state index contributed by atoms with van der Waals surface area (Å²) >= 11 is 7.23. The van der Waals surface area contributed by atoms with E-state index in [1.807, 2.05) is 73.1 Å². The number of fused-ring (bicyclic) bond motifs is 1. The Kier molecular flexibility index (Phi) is 6.01. The number of nitrogens with one attached hydrogen (secondary N) is 1. The van der Waals surface area contributed by atoms with Crippen LogP contribution >= 0.6 is 23.4 Å². The van der Waals surface area contributed by atoms with Crippen molar-refractivity contribution in [1.29, 1.82) is 0 Å². The van der Waals surface area contributed by atoms with Crippen molar-refractivity contribution in [3.63, 3.8) is 0 Å². The van der Waals surface area contributed by atoms with Crippen LogP contribution in [0.2, 0.25) is 5.02 Å². The fourth-order valence-electron chi connectivity index (χ4n) is 3.21. The lowest BCUT2D eigenvalue weighted by Gasteiger charge is -2.06. The lowest BCUT2D eigenvalue weighted by Crippen LogP contribution is -2.24. The molecule has 4 aromatic rings. The Hall–Kier alpha value is -2.90. The molecule has 0 aliphatic heterocycles. The molecule has 8 heteroatoms. The highest BCUT2D eigenvalue weighted by Gasteiger charge is 2.18. The summed E-state index contributed by atoms with van der Waals surface area (Å²) in [5.41, 5.74) is 4.55. The molecule has 30 heavy (non-hydrogen) atoms. The first-order valence-electron chi connectivity index (χ1n) is 9.45. The van der Waals surface area contributed by atoms with Gasteiger partial charge in [-0.1, -0.05) is 53.7 Å². The molecular weight excluding hydrogens is 418 g/mol. The van der Waals surface area contributed by atoms with Crippen LogP contribution < -0.4 is 5.32 Å². The summed E-state index contributed by atoms with van der Waals surface area (Å²) in [7, 11) is 0. The van der Waals surface area contributed by atoms with Crippen molar-refractivity contribution in [2.24, 2.45) is 0 Å². The molecule has 4 rings (SSSR count). The molecule has 1 N–H and O–H groups in total. The van der Waals surface area contributed by atoms with Gasteiger partial charge in [-0.05, 0) is 43.7 Å². The third-order valence-corrected chi connectivity index (χ3v) is 5.92. The highest BCUT2D eigenvalue weighted by molar-refractivity contribution is 8.00. The van der Waals surface area contributed by atoms with E-state index in [2.05, 4.69) is 15.5 Å². The van der Waals surface area contributed by atoms with Crippen LogP contribution in [0.25, 0.3) is 16.6 Å². The Morgan fingerprint density at radius 1 is 1.07 bits per heavy atom. The molecular formula is C22H20ClN5OS. The third-order valence-electron chi connectivity index (χ3n) is 4.72. The van der Waals surface area contributed by atoms with E-state index in [4.69, 9.17) is 16.7 Å². The highest BCUT2D eigenvalue weighted by Crippen LogP contribution is 2.29. The standard InChI is InChI=1S/C22H20ClN5OS/c1-14-20-15(2)28(18-6-4-3-5-7-18)27-21(20)22(26-25-14)30-13-19(29)24-12-16-8-10-17(23)11-9-16/h3-11H,12-13H2,1-2H3,(H,24,29). The van der Waals surface area contributed by atoms with Gasteiger partial charge in [-0.15, -0.1) is 5.10 Å². The molecule has 6 nitrogen and oxygen atoms in total. The van der Waals surface area contributed by atoms with Gasteiger partial charge in [-0.25, -0.2) is 4.68 Å². The number of thioether (sulfide) groups is 1. The van der Waals surface area contributed by atoms with Gasteiger partial charge in [0.2, 0.25) is 5.91 Å². The number of hydrogen-bond acceptors (Lipinski definition) is 5. The van der Waals surface area contributed by atoms with Gasteiger partial charge in [0, 0.05) is 17.0 Å². The Morgan fingerprint density at radius 3 is 2.53 bits per heavy atom. The van der Waals surface area contributed by atoms with Gasteiger partial charge < -0.3 is 5.32 Å². The average molecular weight is 438 g/mol. The van der Waals surface area contributed by atoms with E-state index in [-0.39, 0.29) is 11.7 Å². The number of amides is 1. The lowest BCUT2D eigenvalue weighted by molar-refractivity contribution is -0.118. The Bertz CT molecular complexity index is 1190. The summed E-state index contributed by atoms with van der Waals surface area (Å²) in [6.07, 6.45) is 0. The van der Waals surface area contributed by atoms with Crippen molar-refractivity contribution in [3.05, 3.63) is 76.6 Å². The van der Waals surface area contributed by atoms with Gasteiger partial charge in [0.1, 0.15) is 10.5 Å². The molecule has 0 bridgehead atoms. The SMILES string of the molecule is Cc1nnc(SCC(=O)NCc2ccc(Cl)cc2)c2nn(-c3ccccc3)c(C)c12. The number of aromatic nitrogens is 4. The van der Waals surface area contributed by atoms with Crippen molar-refractivity contribution in [3.8, 4) is 5.69 Å². The zero-order chi connectivity index (χ0) is 21.1. The summed E-state index contributed by atoms with van der Waals surface area (Å²) in [4.78, 5) is 12.3. The molecule has 2 aromatic carbocycles. The number of aryl methyl sites for hydroxylation is 2. The van der Waals surface area contributed by atoms with Crippen molar-refractivity contribution in [2.75, 3.05) is 5.75 Å². The molecule has 0 radical (unpaired) electrons. The predicted octanol–water partition coefficient (Wildman–Crippen LogP) is 4.49. The number of nitrogens with zero attached hydrogens (tertiary/aromatic N) is 4. The molecule has 152 valence electrons. The minimum Gasteiger partial charge on any atom is -0.351 e. The van der Waals surface area contributed by atoms with Crippen LogP contribution in [0.4, 0.5) is 0 Å². The minimum atomic E-state index is -0.0790. The van der Waals surface area contributed by atoms with Crippen molar-refractivity contribution < 1.29 is 4.79 Å². The zero-order valence-electron chi connectivity index (χ0n) is 16.6. The normalized spacial score (nSPS) is 11.0. The molecule has 0 saturated heterocycles. The molecule has 0 unspecified atom stereocenters. The maximum Gasteiger partial charge on any atom is 0.230 e. The van der Waals surface area contributed by atoms with Crippen LogP contribution in [0.1, 0.15) is 17.0 Å². The van der Waals surface area contributed by atoms with Gasteiger partial charge in [0.15, 0.2) is 0 Å². The van der Waals surface area contributed by atoms with E-state index in [1.165, 1.54) is 11.8 Å². The van der Waals surface area contributed by atoms with Gasteiger partial charge in [0.25, 0.3) is 0 Å². The van der Waals surface area contributed by atoms with Gasteiger partial charge in [0.05, 0.1) is 22.8 Å². The average Bonchev–Trinajstić information content (AvgIpc) is 3.12. The smallest absolute Gasteiger partial charge is 0.230 e. The van der Waals surface area contributed by atoms with E-state index < -0.39 is 0 Å². The van der Waals surface area contributed by atoms with E-state index in [0.717, 1.165) is 33.5 Å². The van der Waals surface area contributed by atoms with Crippen LogP contribution in [0.3, 0.4) is 0 Å². The first kappa shape index (κ1) is 20.4. The summed E-state index contributed by atoms with van der Waals surface area (Å²) < 4.78 is 1.89. The third kappa shape index (κ3) is 4.32. The monoisotopic (exact) mass is 437 g/mol. The van der Waals surface area contributed by atoms with Gasteiger partial charge >= 0.3 is 0 Å².